The van der Waals surface area contributed by atoms with Crippen LogP contribution in [0.15, 0.2) is 33.2 Å². The van der Waals surface area contributed by atoms with Crippen molar-refractivity contribution in [3.05, 3.63) is 39.3 Å². The van der Waals surface area contributed by atoms with Crippen molar-refractivity contribution in [2.24, 2.45) is 5.10 Å². The molecule has 0 spiro atoms. The second kappa shape index (κ2) is 6.44. The molecule has 1 N–H and O–H groups in total. The smallest absolute Gasteiger partial charge is 0.405 e. The summed E-state index contributed by atoms with van der Waals surface area (Å²) in [6.07, 6.45) is -3.36. The molecule has 2 aromatic rings. The van der Waals surface area contributed by atoms with Gasteiger partial charge in [0.25, 0.3) is 0 Å². The first-order chi connectivity index (χ1) is 9.83. The lowest BCUT2D eigenvalue weighted by molar-refractivity contribution is -0.274. The molecule has 9 heteroatoms. The summed E-state index contributed by atoms with van der Waals surface area (Å²) in [5.74, 6) is -0.323. The van der Waals surface area contributed by atoms with Gasteiger partial charge in [-0.15, -0.1) is 24.5 Å². The highest BCUT2D eigenvalue weighted by molar-refractivity contribution is 9.10. The van der Waals surface area contributed by atoms with Gasteiger partial charge < -0.3 is 4.74 Å². The first-order valence-corrected chi connectivity index (χ1v) is 7.27. The van der Waals surface area contributed by atoms with E-state index in [4.69, 9.17) is 0 Å². The predicted molar refractivity (Wildman–Crippen MR) is 78.9 cm³/mol. The maximum absolute atomic E-state index is 12.2. The molecule has 0 saturated carbocycles. The zero-order valence-corrected chi connectivity index (χ0v) is 13.0. The van der Waals surface area contributed by atoms with E-state index in [1.165, 1.54) is 29.7 Å². The number of halogens is 4. The Morgan fingerprint density at radius 2 is 2.19 bits per heavy atom. The van der Waals surface area contributed by atoms with E-state index in [-0.39, 0.29) is 10.2 Å². The van der Waals surface area contributed by atoms with Gasteiger partial charge in [0.05, 0.1) is 16.4 Å². The average Bonchev–Trinajstić information content (AvgIpc) is 2.77. The van der Waals surface area contributed by atoms with Crippen molar-refractivity contribution in [3.8, 4) is 5.75 Å². The number of aryl methyl sites for hydroxylation is 1. The van der Waals surface area contributed by atoms with Crippen LogP contribution in [0.1, 0.15) is 11.3 Å². The molecular formula is C12H9BrF3N3OS. The monoisotopic (exact) mass is 379 g/mol. The number of thiazole rings is 1. The van der Waals surface area contributed by atoms with Gasteiger partial charge in [-0.05, 0) is 40.5 Å². The summed E-state index contributed by atoms with van der Waals surface area (Å²) in [7, 11) is 0. The number of anilines is 1. The van der Waals surface area contributed by atoms with Gasteiger partial charge in [0, 0.05) is 5.38 Å². The fourth-order valence-electron chi connectivity index (χ4n) is 1.37. The Morgan fingerprint density at radius 3 is 2.81 bits per heavy atom. The summed E-state index contributed by atoms with van der Waals surface area (Å²) in [6, 6.07) is 4.29. The molecule has 1 heterocycles. The number of ether oxygens (including phenoxy) is 1. The van der Waals surface area contributed by atoms with Gasteiger partial charge in [-0.25, -0.2) is 4.98 Å². The van der Waals surface area contributed by atoms with Gasteiger partial charge in [0.1, 0.15) is 5.75 Å². The highest BCUT2D eigenvalue weighted by Crippen LogP contribution is 2.30. The molecule has 4 nitrogen and oxygen atoms in total. The summed E-state index contributed by atoms with van der Waals surface area (Å²) >= 11 is 4.38. The summed E-state index contributed by atoms with van der Waals surface area (Å²) < 4.78 is 40.8. The number of nitrogens with one attached hydrogen (secondary N) is 1. The van der Waals surface area contributed by atoms with Crippen molar-refractivity contribution in [1.29, 1.82) is 0 Å². The second-order valence-electron chi connectivity index (χ2n) is 3.90. The van der Waals surface area contributed by atoms with E-state index in [9.17, 15) is 13.2 Å². The molecule has 0 aliphatic heterocycles. The number of hydrogen-bond donors (Lipinski definition) is 1. The Labute approximate surface area is 130 Å². The van der Waals surface area contributed by atoms with E-state index in [1.54, 1.807) is 6.07 Å². The van der Waals surface area contributed by atoms with Crippen LogP contribution in [0.4, 0.5) is 18.3 Å². The zero-order chi connectivity index (χ0) is 15.5. The minimum absolute atomic E-state index is 0.209. The topological polar surface area (TPSA) is 46.5 Å². The molecule has 0 aliphatic carbocycles. The molecule has 0 amide bonds. The van der Waals surface area contributed by atoms with Gasteiger partial charge in [-0.2, -0.15) is 5.10 Å². The van der Waals surface area contributed by atoms with Crippen LogP contribution in [-0.2, 0) is 0 Å². The average molecular weight is 380 g/mol. The van der Waals surface area contributed by atoms with Gasteiger partial charge in [0.2, 0.25) is 5.13 Å². The van der Waals surface area contributed by atoms with E-state index in [0.29, 0.717) is 10.7 Å². The minimum Gasteiger partial charge on any atom is -0.405 e. The standard InChI is InChI=1S/C12H9BrF3N3OS/c1-7-6-21-11(18-7)19-17-5-8-2-3-9(13)10(4-8)20-12(14,15)16/h2-6H,1H3,(H,18,19). The van der Waals surface area contributed by atoms with Crippen molar-refractivity contribution in [2.45, 2.75) is 13.3 Å². The van der Waals surface area contributed by atoms with Crippen molar-refractivity contribution < 1.29 is 17.9 Å². The second-order valence-corrected chi connectivity index (χ2v) is 5.61. The number of benzene rings is 1. The van der Waals surface area contributed by atoms with Crippen LogP contribution in [0.2, 0.25) is 0 Å². The highest BCUT2D eigenvalue weighted by atomic mass is 79.9. The van der Waals surface area contributed by atoms with Crippen LogP contribution in [-0.4, -0.2) is 17.6 Å². The summed E-state index contributed by atoms with van der Waals surface area (Å²) in [4.78, 5) is 4.13. The number of hydrazone groups is 1. The van der Waals surface area contributed by atoms with Crippen LogP contribution in [0, 0.1) is 6.92 Å². The zero-order valence-electron chi connectivity index (χ0n) is 10.6. The van der Waals surface area contributed by atoms with E-state index >= 15 is 0 Å². The summed E-state index contributed by atoms with van der Waals surface area (Å²) in [5.41, 5.74) is 4.02. The molecule has 21 heavy (non-hydrogen) atoms. The van der Waals surface area contributed by atoms with Gasteiger partial charge in [0.15, 0.2) is 0 Å². The molecular weight excluding hydrogens is 371 g/mol. The van der Waals surface area contributed by atoms with E-state index in [0.717, 1.165) is 5.69 Å². The Morgan fingerprint density at radius 1 is 1.43 bits per heavy atom. The van der Waals surface area contributed by atoms with E-state index < -0.39 is 6.36 Å². The molecule has 1 aromatic carbocycles. The molecule has 1 aromatic heterocycles. The third-order valence-corrected chi connectivity index (χ3v) is 3.69. The highest BCUT2D eigenvalue weighted by Gasteiger charge is 2.31. The minimum atomic E-state index is -4.74. The Hall–Kier alpha value is -1.61. The third-order valence-electron chi connectivity index (χ3n) is 2.17. The Bertz CT molecular complexity index is 657. The first-order valence-electron chi connectivity index (χ1n) is 5.60. The molecule has 112 valence electrons. The predicted octanol–water partition coefficient (Wildman–Crippen LogP) is 4.56. The van der Waals surface area contributed by atoms with E-state index in [2.05, 4.69) is 36.2 Å². The third kappa shape index (κ3) is 5.01. The van der Waals surface area contributed by atoms with Gasteiger partial charge in [-0.3, -0.25) is 5.43 Å². The molecule has 0 fully saturated rings. The van der Waals surface area contributed by atoms with Crippen LogP contribution < -0.4 is 10.2 Å². The van der Waals surface area contributed by atoms with Crippen molar-refractivity contribution >= 4 is 38.6 Å². The lowest BCUT2D eigenvalue weighted by Gasteiger charge is -2.10. The molecule has 0 aliphatic rings. The Kier molecular flexibility index (Phi) is 4.84. The number of rotatable bonds is 4. The SMILES string of the molecule is Cc1csc(NN=Cc2ccc(Br)c(OC(F)(F)F)c2)n1. The Balaban J connectivity index is 2.08. The number of aromatic nitrogens is 1. The normalized spacial score (nSPS) is 11.9. The van der Waals surface area contributed by atoms with Crippen molar-refractivity contribution in [1.82, 2.24) is 4.98 Å². The van der Waals surface area contributed by atoms with Crippen molar-refractivity contribution in [3.63, 3.8) is 0 Å². The quantitative estimate of drug-likeness (QED) is 0.625. The maximum atomic E-state index is 12.2. The molecule has 0 bridgehead atoms. The van der Waals surface area contributed by atoms with Crippen LogP contribution in [0.3, 0.4) is 0 Å². The molecule has 0 atom stereocenters. The van der Waals surface area contributed by atoms with Crippen LogP contribution >= 0.6 is 27.3 Å². The first kappa shape index (κ1) is 15.8. The van der Waals surface area contributed by atoms with Gasteiger partial charge in [-0.1, -0.05) is 6.07 Å². The number of alkyl halides is 3. The number of hydrogen-bond acceptors (Lipinski definition) is 5. The fourth-order valence-corrected chi connectivity index (χ4v) is 2.34. The lowest BCUT2D eigenvalue weighted by atomic mass is 10.2. The number of nitrogens with zero attached hydrogens (tertiary/aromatic N) is 2. The maximum Gasteiger partial charge on any atom is 0.573 e. The molecule has 0 unspecified atom stereocenters. The summed E-state index contributed by atoms with van der Waals surface area (Å²) in [6.45, 7) is 1.85. The lowest BCUT2D eigenvalue weighted by Crippen LogP contribution is -2.17. The van der Waals surface area contributed by atoms with Gasteiger partial charge >= 0.3 is 6.36 Å². The summed E-state index contributed by atoms with van der Waals surface area (Å²) in [5, 5.41) is 6.37. The van der Waals surface area contributed by atoms with Crippen LogP contribution in [0.5, 0.6) is 5.75 Å². The molecule has 0 radical (unpaired) electrons. The molecule has 0 saturated heterocycles. The largest absolute Gasteiger partial charge is 0.573 e. The van der Waals surface area contributed by atoms with Crippen molar-refractivity contribution in [2.75, 3.05) is 5.43 Å². The van der Waals surface area contributed by atoms with Crippen LogP contribution in [0.25, 0.3) is 0 Å². The van der Waals surface area contributed by atoms with E-state index in [1.807, 2.05) is 12.3 Å². The molecule has 2 rings (SSSR count). The fraction of sp³-hybridized carbons (Fsp3) is 0.167.